The fourth-order valence-corrected chi connectivity index (χ4v) is 2.64. The SMILES string of the molecule is Cc1csc(CN2CCCNC(C)C2=O)n1. The van der Waals surface area contributed by atoms with Crippen LogP contribution in [0, 0.1) is 6.92 Å². The van der Waals surface area contributed by atoms with Crippen molar-refractivity contribution < 1.29 is 4.79 Å². The maximum absolute atomic E-state index is 12.0. The van der Waals surface area contributed by atoms with Crippen molar-refractivity contribution in [2.45, 2.75) is 32.9 Å². The van der Waals surface area contributed by atoms with Crippen LogP contribution >= 0.6 is 11.3 Å². The molecule has 1 aromatic heterocycles. The van der Waals surface area contributed by atoms with Gasteiger partial charge in [-0.1, -0.05) is 0 Å². The minimum atomic E-state index is -0.0661. The third-order valence-corrected chi connectivity index (χ3v) is 3.68. The van der Waals surface area contributed by atoms with Gasteiger partial charge in [0.1, 0.15) is 5.01 Å². The van der Waals surface area contributed by atoms with Crippen LogP contribution in [0.3, 0.4) is 0 Å². The molecule has 1 fully saturated rings. The van der Waals surface area contributed by atoms with Gasteiger partial charge in [-0.3, -0.25) is 4.79 Å². The number of hydrogen-bond acceptors (Lipinski definition) is 4. The summed E-state index contributed by atoms with van der Waals surface area (Å²) in [5.74, 6) is 0.186. The first-order valence-corrected chi connectivity index (χ1v) is 6.48. The first-order chi connectivity index (χ1) is 7.66. The molecule has 1 aliphatic heterocycles. The Morgan fingerprint density at radius 3 is 3.19 bits per heavy atom. The van der Waals surface area contributed by atoms with Gasteiger partial charge in [0.15, 0.2) is 0 Å². The summed E-state index contributed by atoms with van der Waals surface area (Å²) in [7, 11) is 0. The number of aryl methyl sites for hydroxylation is 1. The molecule has 16 heavy (non-hydrogen) atoms. The molecule has 1 unspecified atom stereocenters. The Balaban J connectivity index is 2.04. The van der Waals surface area contributed by atoms with Crippen molar-refractivity contribution >= 4 is 17.2 Å². The molecular weight excluding hydrogens is 222 g/mol. The van der Waals surface area contributed by atoms with Crippen LogP contribution in [0.2, 0.25) is 0 Å². The number of aromatic nitrogens is 1. The Hall–Kier alpha value is -0.940. The number of nitrogens with one attached hydrogen (secondary N) is 1. The van der Waals surface area contributed by atoms with Gasteiger partial charge in [-0.2, -0.15) is 0 Å². The van der Waals surface area contributed by atoms with E-state index in [1.54, 1.807) is 11.3 Å². The molecule has 0 aliphatic carbocycles. The lowest BCUT2D eigenvalue weighted by Crippen LogP contribution is -2.41. The van der Waals surface area contributed by atoms with Crippen molar-refractivity contribution in [3.63, 3.8) is 0 Å². The molecule has 4 nitrogen and oxygen atoms in total. The molecule has 1 aliphatic rings. The van der Waals surface area contributed by atoms with Crippen LogP contribution in [-0.4, -0.2) is 34.9 Å². The second-order valence-corrected chi connectivity index (χ2v) is 5.11. The Morgan fingerprint density at radius 2 is 2.50 bits per heavy atom. The van der Waals surface area contributed by atoms with Crippen molar-refractivity contribution in [3.8, 4) is 0 Å². The zero-order valence-corrected chi connectivity index (χ0v) is 10.5. The number of hydrogen-bond donors (Lipinski definition) is 1. The highest BCUT2D eigenvalue weighted by atomic mass is 32.1. The summed E-state index contributed by atoms with van der Waals surface area (Å²) >= 11 is 1.63. The summed E-state index contributed by atoms with van der Waals surface area (Å²) < 4.78 is 0. The highest BCUT2D eigenvalue weighted by molar-refractivity contribution is 7.09. The fourth-order valence-electron chi connectivity index (χ4n) is 1.86. The second kappa shape index (κ2) is 4.93. The van der Waals surface area contributed by atoms with E-state index in [2.05, 4.69) is 10.3 Å². The number of nitrogens with zero attached hydrogens (tertiary/aromatic N) is 2. The maximum atomic E-state index is 12.0. The van der Waals surface area contributed by atoms with Crippen LogP contribution < -0.4 is 5.32 Å². The normalized spacial score (nSPS) is 22.2. The van der Waals surface area contributed by atoms with Gasteiger partial charge in [-0.25, -0.2) is 4.98 Å². The molecule has 0 spiro atoms. The first-order valence-electron chi connectivity index (χ1n) is 5.60. The van der Waals surface area contributed by atoms with E-state index in [4.69, 9.17) is 0 Å². The molecule has 1 atom stereocenters. The predicted octanol–water partition coefficient (Wildman–Crippen LogP) is 1.16. The third-order valence-electron chi connectivity index (χ3n) is 2.73. The minimum Gasteiger partial charge on any atom is -0.335 e. The predicted molar refractivity (Wildman–Crippen MR) is 64.3 cm³/mol. The Labute approximate surface area is 99.7 Å². The second-order valence-electron chi connectivity index (χ2n) is 4.17. The van der Waals surface area contributed by atoms with Crippen LogP contribution in [0.25, 0.3) is 0 Å². The van der Waals surface area contributed by atoms with Crippen molar-refractivity contribution in [3.05, 3.63) is 16.1 Å². The van der Waals surface area contributed by atoms with E-state index < -0.39 is 0 Å². The molecule has 0 bridgehead atoms. The zero-order valence-electron chi connectivity index (χ0n) is 9.69. The van der Waals surface area contributed by atoms with Crippen molar-refractivity contribution in [2.75, 3.05) is 13.1 Å². The van der Waals surface area contributed by atoms with Gasteiger partial charge in [0.05, 0.1) is 12.6 Å². The molecule has 0 radical (unpaired) electrons. The average Bonchev–Trinajstić information content (AvgIpc) is 2.60. The van der Waals surface area contributed by atoms with Crippen molar-refractivity contribution in [1.29, 1.82) is 0 Å². The summed E-state index contributed by atoms with van der Waals surface area (Å²) in [6, 6.07) is -0.0661. The van der Waals surface area contributed by atoms with Gasteiger partial charge in [0.2, 0.25) is 5.91 Å². The molecule has 1 aromatic rings. The van der Waals surface area contributed by atoms with Gasteiger partial charge < -0.3 is 10.2 Å². The number of amides is 1. The van der Waals surface area contributed by atoms with Gasteiger partial charge in [-0.05, 0) is 26.8 Å². The summed E-state index contributed by atoms with van der Waals surface area (Å²) in [4.78, 5) is 18.3. The van der Waals surface area contributed by atoms with E-state index in [0.717, 1.165) is 30.2 Å². The molecule has 1 amide bonds. The fraction of sp³-hybridized carbons (Fsp3) is 0.636. The average molecular weight is 239 g/mol. The summed E-state index contributed by atoms with van der Waals surface area (Å²) in [6.45, 7) is 6.31. The molecule has 2 rings (SSSR count). The largest absolute Gasteiger partial charge is 0.335 e. The van der Waals surface area contributed by atoms with Crippen molar-refractivity contribution in [2.24, 2.45) is 0 Å². The van der Waals surface area contributed by atoms with Gasteiger partial charge >= 0.3 is 0 Å². The van der Waals surface area contributed by atoms with Crippen LogP contribution in [0.15, 0.2) is 5.38 Å². The van der Waals surface area contributed by atoms with E-state index in [1.165, 1.54) is 0 Å². The Kier molecular flexibility index (Phi) is 3.56. The Morgan fingerprint density at radius 1 is 1.69 bits per heavy atom. The first kappa shape index (κ1) is 11.5. The summed E-state index contributed by atoms with van der Waals surface area (Å²) in [5, 5.41) is 6.26. The third kappa shape index (κ3) is 2.59. The van der Waals surface area contributed by atoms with E-state index in [9.17, 15) is 4.79 Å². The number of thiazole rings is 1. The van der Waals surface area contributed by atoms with E-state index in [1.807, 2.05) is 24.1 Å². The quantitative estimate of drug-likeness (QED) is 0.842. The van der Waals surface area contributed by atoms with E-state index >= 15 is 0 Å². The van der Waals surface area contributed by atoms with E-state index in [-0.39, 0.29) is 11.9 Å². The highest BCUT2D eigenvalue weighted by Crippen LogP contribution is 2.13. The summed E-state index contributed by atoms with van der Waals surface area (Å²) in [6.07, 6.45) is 1.01. The standard InChI is InChI=1S/C11H17N3OS/c1-8-7-16-10(13-8)6-14-5-3-4-12-9(2)11(14)15/h7,9,12H,3-6H2,1-2H3. The molecule has 1 saturated heterocycles. The minimum absolute atomic E-state index is 0.0661. The lowest BCUT2D eigenvalue weighted by molar-refractivity contribution is -0.132. The molecule has 1 N–H and O–H groups in total. The van der Waals surface area contributed by atoms with Gasteiger partial charge in [0, 0.05) is 17.6 Å². The smallest absolute Gasteiger partial charge is 0.239 e. The molecular formula is C11H17N3OS. The van der Waals surface area contributed by atoms with Crippen LogP contribution in [0.5, 0.6) is 0 Å². The van der Waals surface area contributed by atoms with Gasteiger partial charge in [-0.15, -0.1) is 11.3 Å². The topological polar surface area (TPSA) is 45.2 Å². The lowest BCUT2D eigenvalue weighted by Gasteiger charge is -2.21. The van der Waals surface area contributed by atoms with Gasteiger partial charge in [0.25, 0.3) is 0 Å². The lowest BCUT2D eigenvalue weighted by atomic mass is 10.3. The van der Waals surface area contributed by atoms with Crippen LogP contribution in [0.4, 0.5) is 0 Å². The summed E-state index contributed by atoms with van der Waals surface area (Å²) in [5.41, 5.74) is 1.04. The molecule has 5 heteroatoms. The number of rotatable bonds is 2. The van der Waals surface area contributed by atoms with E-state index in [0.29, 0.717) is 6.54 Å². The van der Waals surface area contributed by atoms with Crippen LogP contribution in [0.1, 0.15) is 24.0 Å². The molecule has 0 saturated carbocycles. The monoisotopic (exact) mass is 239 g/mol. The molecule has 2 heterocycles. The number of carbonyl (C=O) groups excluding carboxylic acids is 1. The zero-order chi connectivity index (χ0) is 11.5. The maximum Gasteiger partial charge on any atom is 0.239 e. The Bertz CT molecular complexity index is 377. The molecule has 88 valence electrons. The highest BCUT2D eigenvalue weighted by Gasteiger charge is 2.23. The molecule has 0 aromatic carbocycles. The van der Waals surface area contributed by atoms with Crippen LogP contribution in [-0.2, 0) is 11.3 Å². The van der Waals surface area contributed by atoms with Crippen molar-refractivity contribution in [1.82, 2.24) is 15.2 Å². The number of carbonyl (C=O) groups is 1.